The third kappa shape index (κ3) is 3.67. The van der Waals surface area contributed by atoms with Crippen molar-refractivity contribution in [2.75, 3.05) is 0 Å². The lowest BCUT2D eigenvalue weighted by Gasteiger charge is -2.61. The van der Waals surface area contributed by atoms with Crippen LogP contribution in [0, 0.1) is 52.3 Å². The molecule has 0 saturated heterocycles. The smallest absolute Gasteiger partial charge is 0.0260 e. The van der Waals surface area contributed by atoms with Gasteiger partial charge in [-0.15, -0.1) is 0 Å². The zero-order chi connectivity index (χ0) is 20.8. The van der Waals surface area contributed by atoms with Crippen molar-refractivity contribution in [1.82, 2.24) is 0 Å². The fourth-order valence-electron chi connectivity index (χ4n) is 9.63. The van der Waals surface area contributed by atoms with Gasteiger partial charge in [-0.1, -0.05) is 59.1 Å². The van der Waals surface area contributed by atoms with Gasteiger partial charge < -0.3 is 0 Å². The second-order valence-electron chi connectivity index (χ2n) is 12.7. The van der Waals surface area contributed by atoms with Crippen LogP contribution in [0.15, 0.2) is 11.6 Å². The van der Waals surface area contributed by atoms with Gasteiger partial charge >= 0.3 is 0 Å². The van der Waals surface area contributed by atoms with Crippen LogP contribution in [0.1, 0.15) is 119 Å². The Bertz CT molecular complexity index is 599. The normalized spacial score (nSPS) is 46.2. The topological polar surface area (TPSA) is 0 Å². The van der Waals surface area contributed by atoms with Crippen LogP contribution >= 0.6 is 0 Å². The molecule has 0 radical (unpaired) electrons. The molecule has 4 aliphatic carbocycles. The average Bonchev–Trinajstić information content (AvgIpc) is 3.05. The van der Waals surface area contributed by atoms with E-state index in [0.717, 1.165) is 41.4 Å². The minimum Gasteiger partial charge on any atom is -0.0882 e. The van der Waals surface area contributed by atoms with Gasteiger partial charge in [-0.25, -0.2) is 0 Å². The van der Waals surface area contributed by atoms with E-state index in [9.17, 15) is 0 Å². The van der Waals surface area contributed by atoms with Crippen LogP contribution < -0.4 is 0 Å². The van der Waals surface area contributed by atoms with Crippen molar-refractivity contribution in [1.29, 1.82) is 0 Å². The minimum absolute atomic E-state index is 0.645. The largest absolute Gasteiger partial charge is 0.0882 e. The summed E-state index contributed by atoms with van der Waals surface area (Å²) in [5.74, 6) is 6.83. The molecule has 0 unspecified atom stereocenters. The lowest BCUT2D eigenvalue weighted by Crippen LogP contribution is -2.53. The predicted octanol–water partition coefficient (Wildman–Crippen LogP) is 9.05. The molecule has 0 aromatic carbocycles. The molecular formula is C29H50. The first-order chi connectivity index (χ1) is 13.8. The summed E-state index contributed by atoms with van der Waals surface area (Å²) in [6.45, 7) is 15.1. The van der Waals surface area contributed by atoms with E-state index in [0.29, 0.717) is 10.8 Å². The molecular weight excluding hydrogens is 348 g/mol. The van der Waals surface area contributed by atoms with Crippen LogP contribution in [0.2, 0.25) is 0 Å². The molecule has 0 aromatic heterocycles. The Hall–Kier alpha value is -0.260. The summed E-state index contributed by atoms with van der Waals surface area (Å²) in [4.78, 5) is 0. The number of hydrogen-bond donors (Lipinski definition) is 0. The quantitative estimate of drug-likeness (QED) is 0.405. The van der Waals surface area contributed by atoms with Crippen molar-refractivity contribution in [2.24, 2.45) is 52.3 Å². The van der Waals surface area contributed by atoms with Gasteiger partial charge in [0, 0.05) is 0 Å². The summed E-state index contributed by atoms with van der Waals surface area (Å²) in [5, 5.41) is 0. The van der Waals surface area contributed by atoms with Gasteiger partial charge in [-0.05, 0) is 123 Å². The van der Waals surface area contributed by atoms with E-state index < -0.39 is 0 Å². The maximum Gasteiger partial charge on any atom is -0.0260 e. The average molecular weight is 399 g/mol. The van der Waals surface area contributed by atoms with Gasteiger partial charge in [-0.3, -0.25) is 0 Å². The van der Waals surface area contributed by atoms with E-state index in [4.69, 9.17) is 0 Å². The van der Waals surface area contributed by atoms with E-state index in [2.05, 4.69) is 47.6 Å². The number of fused-ring (bicyclic) bond motifs is 5. The molecule has 0 heteroatoms. The van der Waals surface area contributed by atoms with E-state index in [-0.39, 0.29) is 0 Å². The molecule has 0 N–H and O–H groups in total. The van der Waals surface area contributed by atoms with Crippen LogP contribution in [0.4, 0.5) is 0 Å². The zero-order valence-electron chi connectivity index (χ0n) is 20.6. The highest BCUT2D eigenvalue weighted by Crippen LogP contribution is 2.68. The highest BCUT2D eigenvalue weighted by atomic mass is 14.6. The molecule has 0 aromatic rings. The second kappa shape index (κ2) is 8.35. The first-order valence-electron chi connectivity index (χ1n) is 13.5. The summed E-state index contributed by atoms with van der Waals surface area (Å²) >= 11 is 0. The van der Waals surface area contributed by atoms with Crippen molar-refractivity contribution in [3.63, 3.8) is 0 Å². The Morgan fingerprint density at radius 2 is 1.62 bits per heavy atom. The number of rotatable bonds is 5. The van der Waals surface area contributed by atoms with E-state index >= 15 is 0 Å². The Kier molecular flexibility index (Phi) is 6.32. The van der Waals surface area contributed by atoms with Gasteiger partial charge in [0.2, 0.25) is 0 Å². The third-order valence-corrected chi connectivity index (χ3v) is 11.3. The molecule has 0 spiro atoms. The van der Waals surface area contributed by atoms with Crippen molar-refractivity contribution in [3.05, 3.63) is 11.6 Å². The molecule has 0 nitrogen and oxygen atoms in total. The van der Waals surface area contributed by atoms with Gasteiger partial charge in [0.05, 0.1) is 0 Å². The fourth-order valence-corrected chi connectivity index (χ4v) is 9.63. The Morgan fingerprint density at radius 3 is 2.34 bits per heavy atom. The minimum atomic E-state index is 0.645. The molecule has 8 atom stereocenters. The Morgan fingerprint density at radius 1 is 0.862 bits per heavy atom. The highest BCUT2D eigenvalue weighted by molar-refractivity contribution is 5.10. The van der Waals surface area contributed by atoms with Crippen LogP contribution in [0.25, 0.3) is 0 Å². The molecule has 29 heavy (non-hydrogen) atoms. The van der Waals surface area contributed by atoms with Crippen LogP contribution in [-0.4, -0.2) is 0 Å². The molecule has 0 heterocycles. The van der Waals surface area contributed by atoms with E-state index in [1.165, 1.54) is 38.5 Å². The first kappa shape index (κ1) is 22.0. The zero-order valence-corrected chi connectivity index (χ0v) is 20.6. The summed E-state index contributed by atoms with van der Waals surface area (Å²) in [6, 6.07) is 0. The van der Waals surface area contributed by atoms with E-state index in [1.54, 1.807) is 44.1 Å². The summed E-state index contributed by atoms with van der Waals surface area (Å²) in [6.07, 6.45) is 20.6. The van der Waals surface area contributed by atoms with E-state index in [1.807, 2.05) is 0 Å². The van der Waals surface area contributed by atoms with Gasteiger partial charge in [0.15, 0.2) is 0 Å². The first-order valence-corrected chi connectivity index (χ1v) is 13.5. The summed E-state index contributed by atoms with van der Waals surface area (Å²) < 4.78 is 0. The fraction of sp³-hybridized carbons (Fsp3) is 0.931. The van der Waals surface area contributed by atoms with Crippen LogP contribution in [0.5, 0.6) is 0 Å². The summed E-state index contributed by atoms with van der Waals surface area (Å²) in [7, 11) is 0. The lowest BCUT2D eigenvalue weighted by molar-refractivity contribution is -0.114. The van der Waals surface area contributed by atoms with Crippen molar-refractivity contribution < 1.29 is 0 Å². The SMILES string of the molecule is C/C=C(/CC[C@@H](C)[C@H]1CC[C@H]2[C@@H]3CC[C@H]4CCCC[C@]4(C)[C@H]3CC[C@]12C)C(C)C. The highest BCUT2D eigenvalue weighted by Gasteiger charge is 2.60. The van der Waals surface area contributed by atoms with Crippen molar-refractivity contribution in [3.8, 4) is 0 Å². The standard InChI is InChI=1S/C29H50/c1-7-22(20(2)3)12-11-21(4)25-15-16-26-24-14-13-23-10-8-9-18-28(23,5)27(24)17-19-29(25,26)6/h7,20-21,23-27H,8-19H2,1-6H3/b22-7-/t21-,23-,24+,25-,26+,27+,28+,29-/m1/s1. The Labute approximate surface area is 182 Å². The van der Waals surface area contributed by atoms with Gasteiger partial charge in [-0.2, -0.15) is 0 Å². The van der Waals surface area contributed by atoms with Gasteiger partial charge in [0.25, 0.3) is 0 Å². The number of allylic oxidation sites excluding steroid dienone is 2. The van der Waals surface area contributed by atoms with Crippen LogP contribution in [0.3, 0.4) is 0 Å². The molecule has 4 rings (SSSR count). The Balaban J connectivity index is 1.46. The van der Waals surface area contributed by atoms with Crippen molar-refractivity contribution in [2.45, 2.75) is 119 Å². The molecule has 4 fully saturated rings. The van der Waals surface area contributed by atoms with Crippen molar-refractivity contribution >= 4 is 0 Å². The lowest BCUT2D eigenvalue weighted by atomic mass is 9.44. The number of hydrogen-bond acceptors (Lipinski definition) is 0. The molecule has 0 bridgehead atoms. The third-order valence-electron chi connectivity index (χ3n) is 11.3. The maximum absolute atomic E-state index is 2.75. The predicted molar refractivity (Wildman–Crippen MR) is 127 cm³/mol. The molecule has 4 saturated carbocycles. The molecule has 0 aliphatic heterocycles. The summed E-state index contributed by atoms with van der Waals surface area (Å²) in [5.41, 5.74) is 3.03. The van der Waals surface area contributed by atoms with Gasteiger partial charge in [0.1, 0.15) is 0 Å². The monoisotopic (exact) mass is 398 g/mol. The molecule has 0 amide bonds. The maximum atomic E-state index is 2.75. The second-order valence-corrected chi connectivity index (χ2v) is 12.7. The van der Waals surface area contributed by atoms with Crippen LogP contribution in [-0.2, 0) is 0 Å². The molecule has 166 valence electrons. The molecule has 4 aliphatic rings.